The van der Waals surface area contributed by atoms with Crippen LogP contribution in [0, 0.1) is 11.8 Å². The van der Waals surface area contributed by atoms with Gasteiger partial charge in [0.25, 0.3) is 0 Å². The molecule has 1 aliphatic rings. The standard InChI is InChI=1S/C13H27NOS/c1-11-6-4-5-7-13(11)10-14-9-8-12(2)16(3)15/h11-14H,4-10H2,1-3H3/t11-,12-,13+,16+/m0/s1. The molecule has 0 aromatic carbocycles. The first kappa shape index (κ1) is 14.2. The molecule has 0 unspecified atom stereocenters. The molecule has 0 aromatic heterocycles. The number of hydrogen-bond donors (Lipinski definition) is 1. The van der Waals surface area contributed by atoms with Crippen LogP contribution in [-0.4, -0.2) is 28.8 Å². The third kappa shape index (κ3) is 4.96. The lowest BCUT2D eigenvalue weighted by Gasteiger charge is -2.29. The van der Waals surface area contributed by atoms with Gasteiger partial charge in [-0.05, 0) is 37.8 Å². The van der Waals surface area contributed by atoms with Gasteiger partial charge in [-0.2, -0.15) is 0 Å². The molecule has 0 saturated heterocycles. The Morgan fingerprint density at radius 2 is 2.06 bits per heavy atom. The fourth-order valence-electron chi connectivity index (χ4n) is 2.46. The molecule has 0 heterocycles. The van der Waals surface area contributed by atoms with Gasteiger partial charge in [0, 0.05) is 22.3 Å². The van der Waals surface area contributed by atoms with Crippen LogP contribution in [0.5, 0.6) is 0 Å². The second-order valence-electron chi connectivity index (χ2n) is 5.32. The molecule has 1 aliphatic carbocycles. The summed E-state index contributed by atoms with van der Waals surface area (Å²) >= 11 is 0. The summed E-state index contributed by atoms with van der Waals surface area (Å²) in [4.78, 5) is 0. The van der Waals surface area contributed by atoms with Crippen molar-refractivity contribution < 1.29 is 4.21 Å². The van der Waals surface area contributed by atoms with Crippen LogP contribution in [0.25, 0.3) is 0 Å². The van der Waals surface area contributed by atoms with Gasteiger partial charge >= 0.3 is 0 Å². The minimum absolute atomic E-state index is 0.330. The molecule has 0 bridgehead atoms. The van der Waals surface area contributed by atoms with Gasteiger partial charge in [0.05, 0.1) is 0 Å². The number of hydrogen-bond acceptors (Lipinski definition) is 2. The number of nitrogens with one attached hydrogen (secondary N) is 1. The zero-order valence-electron chi connectivity index (χ0n) is 11.0. The highest BCUT2D eigenvalue weighted by Crippen LogP contribution is 2.28. The normalized spacial score (nSPS) is 29.9. The monoisotopic (exact) mass is 245 g/mol. The van der Waals surface area contributed by atoms with E-state index in [9.17, 15) is 4.21 Å². The van der Waals surface area contributed by atoms with Gasteiger partial charge in [0.15, 0.2) is 0 Å². The van der Waals surface area contributed by atoms with E-state index in [0.717, 1.165) is 31.3 Å². The van der Waals surface area contributed by atoms with E-state index < -0.39 is 10.8 Å². The zero-order valence-corrected chi connectivity index (χ0v) is 11.8. The Morgan fingerprint density at radius 1 is 1.38 bits per heavy atom. The molecule has 2 nitrogen and oxygen atoms in total. The molecule has 1 fully saturated rings. The van der Waals surface area contributed by atoms with Crippen molar-refractivity contribution in [2.75, 3.05) is 19.3 Å². The average molecular weight is 245 g/mol. The molecule has 16 heavy (non-hydrogen) atoms. The summed E-state index contributed by atoms with van der Waals surface area (Å²) in [6.45, 7) is 6.63. The lowest BCUT2D eigenvalue weighted by molar-refractivity contribution is 0.248. The van der Waals surface area contributed by atoms with Gasteiger partial charge in [0.1, 0.15) is 0 Å². The molecule has 3 heteroatoms. The summed E-state index contributed by atoms with van der Waals surface area (Å²) in [5.74, 6) is 1.76. The molecular weight excluding hydrogens is 218 g/mol. The lowest BCUT2D eigenvalue weighted by Crippen LogP contribution is -2.31. The SMILES string of the molecule is C[C@H]1CCCC[C@@H]1CNCC[C@H](C)[S@@](C)=O. The molecule has 0 amide bonds. The summed E-state index contributed by atoms with van der Waals surface area (Å²) in [7, 11) is -0.665. The molecular formula is C13H27NOS. The van der Waals surface area contributed by atoms with Gasteiger partial charge in [-0.15, -0.1) is 0 Å². The fourth-order valence-corrected chi connectivity index (χ4v) is 2.90. The van der Waals surface area contributed by atoms with Gasteiger partial charge in [-0.25, -0.2) is 0 Å². The number of rotatable bonds is 6. The molecule has 1 N–H and O–H groups in total. The van der Waals surface area contributed by atoms with Crippen molar-refractivity contribution in [2.45, 2.75) is 51.2 Å². The maximum absolute atomic E-state index is 11.2. The molecule has 96 valence electrons. The molecule has 1 saturated carbocycles. The highest BCUT2D eigenvalue weighted by Gasteiger charge is 2.20. The average Bonchev–Trinajstić information content (AvgIpc) is 2.26. The van der Waals surface area contributed by atoms with E-state index in [1.807, 2.05) is 0 Å². The van der Waals surface area contributed by atoms with Gasteiger partial charge in [-0.1, -0.05) is 33.1 Å². The first-order valence-electron chi connectivity index (χ1n) is 6.64. The molecule has 0 radical (unpaired) electrons. The quantitative estimate of drug-likeness (QED) is 0.729. The van der Waals surface area contributed by atoms with E-state index in [1.54, 1.807) is 6.26 Å². The topological polar surface area (TPSA) is 29.1 Å². The summed E-state index contributed by atoms with van der Waals surface area (Å²) < 4.78 is 11.2. The largest absolute Gasteiger partial charge is 0.316 e. The highest BCUT2D eigenvalue weighted by atomic mass is 32.2. The van der Waals surface area contributed by atoms with E-state index in [1.165, 1.54) is 25.7 Å². The first-order chi connectivity index (χ1) is 7.61. The van der Waals surface area contributed by atoms with Crippen molar-refractivity contribution in [2.24, 2.45) is 11.8 Å². The Labute approximate surface area is 103 Å². The summed E-state index contributed by atoms with van der Waals surface area (Å²) in [6.07, 6.45) is 8.46. The lowest BCUT2D eigenvalue weighted by atomic mass is 9.80. The fraction of sp³-hybridized carbons (Fsp3) is 1.00. The van der Waals surface area contributed by atoms with Crippen LogP contribution < -0.4 is 5.32 Å². The van der Waals surface area contributed by atoms with Crippen molar-refractivity contribution >= 4 is 10.8 Å². The van der Waals surface area contributed by atoms with E-state index >= 15 is 0 Å². The first-order valence-corrected chi connectivity index (χ1v) is 8.26. The van der Waals surface area contributed by atoms with Crippen LogP contribution in [0.3, 0.4) is 0 Å². The highest BCUT2D eigenvalue weighted by molar-refractivity contribution is 7.84. The summed E-state index contributed by atoms with van der Waals surface area (Å²) in [6, 6.07) is 0. The predicted molar refractivity (Wildman–Crippen MR) is 72.1 cm³/mol. The van der Waals surface area contributed by atoms with E-state index in [-0.39, 0.29) is 0 Å². The molecule has 0 spiro atoms. The van der Waals surface area contributed by atoms with Crippen molar-refractivity contribution in [3.63, 3.8) is 0 Å². The maximum Gasteiger partial charge on any atom is 0.0329 e. The minimum atomic E-state index is -0.665. The second kappa shape index (κ2) is 7.44. The van der Waals surface area contributed by atoms with Crippen molar-refractivity contribution in [1.29, 1.82) is 0 Å². The van der Waals surface area contributed by atoms with Crippen molar-refractivity contribution in [3.05, 3.63) is 0 Å². The Bertz CT molecular complexity index is 220. The predicted octanol–water partition coefficient (Wildman–Crippen LogP) is 2.56. The minimum Gasteiger partial charge on any atom is -0.316 e. The van der Waals surface area contributed by atoms with Crippen LogP contribution in [0.2, 0.25) is 0 Å². The second-order valence-corrected chi connectivity index (χ2v) is 7.13. The molecule has 0 aliphatic heterocycles. The van der Waals surface area contributed by atoms with Crippen LogP contribution in [0.4, 0.5) is 0 Å². The zero-order chi connectivity index (χ0) is 12.0. The van der Waals surface area contributed by atoms with Crippen LogP contribution >= 0.6 is 0 Å². The third-order valence-corrected chi connectivity index (χ3v) is 5.36. The third-order valence-electron chi connectivity index (χ3n) is 3.99. The Hall–Kier alpha value is 0.110. The smallest absolute Gasteiger partial charge is 0.0329 e. The molecule has 0 aromatic rings. The van der Waals surface area contributed by atoms with Crippen molar-refractivity contribution in [1.82, 2.24) is 5.32 Å². The van der Waals surface area contributed by atoms with Crippen molar-refractivity contribution in [3.8, 4) is 0 Å². The van der Waals surface area contributed by atoms with Crippen LogP contribution in [0.1, 0.15) is 46.0 Å². The summed E-state index contributed by atoms with van der Waals surface area (Å²) in [5.41, 5.74) is 0. The van der Waals surface area contributed by atoms with Gasteiger partial charge < -0.3 is 5.32 Å². The van der Waals surface area contributed by atoms with E-state index in [2.05, 4.69) is 19.2 Å². The molecule has 4 atom stereocenters. The Balaban J connectivity index is 2.08. The Morgan fingerprint density at radius 3 is 2.69 bits per heavy atom. The molecule has 1 rings (SSSR count). The Kier molecular flexibility index (Phi) is 6.59. The van der Waals surface area contributed by atoms with Crippen LogP contribution in [0.15, 0.2) is 0 Å². The van der Waals surface area contributed by atoms with Crippen LogP contribution in [-0.2, 0) is 10.8 Å². The summed E-state index contributed by atoms with van der Waals surface area (Å²) in [5, 5.41) is 3.87. The maximum atomic E-state index is 11.2. The van der Waals surface area contributed by atoms with E-state index in [4.69, 9.17) is 0 Å². The van der Waals surface area contributed by atoms with Gasteiger partial charge in [0.2, 0.25) is 0 Å². The van der Waals surface area contributed by atoms with E-state index in [0.29, 0.717) is 5.25 Å². The van der Waals surface area contributed by atoms with Gasteiger partial charge in [-0.3, -0.25) is 4.21 Å².